The molecule has 1 aromatic heterocycles. The van der Waals surface area contributed by atoms with E-state index in [1.165, 1.54) is 29.6 Å². The Bertz CT molecular complexity index is 843. The second-order valence-corrected chi connectivity index (χ2v) is 7.37. The number of likely N-dealkylation sites (N-methyl/N-ethyl adjacent to an activating group) is 1. The highest BCUT2D eigenvalue weighted by Crippen LogP contribution is 2.17. The van der Waals surface area contributed by atoms with Crippen LogP contribution in [0.2, 0.25) is 0 Å². The molecule has 9 heteroatoms. The number of nitrogens with one attached hydrogen (secondary N) is 2. The van der Waals surface area contributed by atoms with Crippen LogP contribution >= 0.6 is 0 Å². The summed E-state index contributed by atoms with van der Waals surface area (Å²) in [5, 5.41) is 9.16. The zero-order valence-electron chi connectivity index (χ0n) is 14.0. The highest BCUT2D eigenvalue weighted by molar-refractivity contribution is 7.89. The van der Waals surface area contributed by atoms with Gasteiger partial charge in [0.25, 0.3) is 0 Å². The summed E-state index contributed by atoms with van der Waals surface area (Å²) in [5.41, 5.74) is 0.622. The SMILES string of the molecule is C=CCN(C)S(=O)(=O)c1ccc(NCC(=O)Nc2cc(C)on2)cc1. The first-order valence-electron chi connectivity index (χ1n) is 7.47. The van der Waals surface area contributed by atoms with E-state index >= 15 is 0 Å². The van der Waals surface area contributed by atoms with Gasteiger partial charge in [0.2, 0.25) is 15.9 Å². The van der Waals surface area contributed by atoms with Crippen LogP contribution in [-0.4, -0.2) is 43.9 Å². The molecule has 0 saturated carbocycles. The molecule has 2 N–H and O–H groups in total. The van der Waals surface area contributed by atoms with Gasteiger partial charge in [0.1, 0.15) is 5.76 Å². The van der Waals surface area contributed by atoms with Crippen molar-refractivity contribution in [3.63, 3.8) is 0 Å². The molecule has 0 saturated heterocycles. The molecule has 1 aromatic carbocycles. The van der Waals surface area contributed by atoms with E-state index in [9.17, 15) is 13.2 Å². The Labute approximate surface area is 146 Å². The van der Waals surface area contributed by atoms with Gasteiger partial charge in [0.05, 0.1) is 11.4 Å². The average molecular weight is 364 g/mol. The summed E-state index contributed by atoms with van der Waals surface area (Å²) in [5.74, 6) is 0.646. The maximum Gasteiger partial charge on any atom is 0.244 e. The first-order chi connectivity index (χ1) is 11.8. The predicted octanol–water partition coefficient (Wildman–Crippen LogP) is 1.84. The number of hydrogen-bond acceptors (Lipinski definition) is 6. The molecule has 0 aliphatic carbocycles. The van der Waals surface area contributed by atoms with Gasteiger partial charge >= 0.3 is 0 Å². The molecule has 25 heavy (non-hydrogen) atoms. The van der Waals surface area contributed by atoms with E-state index in [4.69, 9.17) is 4.52 Å². The second kappa shape index (κ2) is 7.95. The lowest BCUT2D eigenvalue weighted by atomic mass is 10.3. The Morgan fingerprint density at radius 1 is 1.36 bits per heavy atom. The normalized spacial score (nSPS) is 11.3. The molecule has 2 rings (SSSR count). The van der Waals surface area contributed by atoms with Gasteiger partial charge < -0.3 is 15.2 Å². The molecule has 8 nitrogen and oxygen atoms in total. The van der Waals surface area contributed by atoms with Crippen molar-refractivity contribution in [1.82, 2.24) is 9.46 Å². The zero-order chi connectivity index (χ0) is 18.4. The molecule has 2 aromatic rings. The van der Waals surface area contributed by atoms with E-state index in [-0.39, 0.29) is 23.9 Å². The van der Waals surface area contributed by atoms with Crippen molar-refractivity contribution in [1.29, 1.82) is 0 Å². The monoisotopic (exact) mass is 364 g/mol. The third kappa shape index (κ3) is 4.91. The minimum atomic E-state index is -3.55. The standard InChI is InChI=1S/C16H20N4O4S/c1-4-9-20(3)25(22,23)14-7-5-13(6-8-14)17-11-16(21)18-15-10-12(2)24-19-15/h4-8,10,17H,1,9,11H2,2-3H3,(H,18,19,21). The van der Waals surface area contributed by atoms with Crippen molar-refractivity contribution in [3.05, 3.63) is 48.7 Å². The quantitative estimate of drug-likeness (QED) is 0.693. The van der Waals surface area contributed by atoms with E-state index in [1.54, 1.807) is 25.1 Å². The first kappa shape index (κ1) is 18.7. The van der Waals surface area contributed by atoms with Crippen LogP contribution < -0.4 is 10.6 Å². The number of carbonyl (C=O) groups is 1. The van der Waals surface area contributed by atoms with Crippen LogP contribution in [0.5, 0.6) is 0 Å². The summed E-state index contributed by atoms with van der Waals surface area (Å²) in [6, 6.07) is 7.77. The fourth-order valence-electron chi connectivity index (χ4n) is 2.00. The molecule has 0 radical (unpaired) electrons. The Balaban J connectivity index is 1.94. The lowest BCUT2D eigenvalue weighted by molar-refractivity contribution is -0.114. The van der Waals surface area contributed by atoms with Gasteiger partial charge in [-0.2, -0.15) is 4.31 Å². The molecular weight excluding hydrogens is 344 g/mol. The van der Waals surface area contributed by atoms with Crippen LogP contribution in [0.15, 0.2) is 52.4 Å². The molecule has 0 atom stereocenters. The largest absolute Gasteiger partial charge is 0.376 e. The number of rotatable bonds is 8. The van der Waals surface area contributed by atoms with Crippen LogP contribution in [0.3, 0.4) is 0 Å². The Morgan fingerprint density at radius 3 is 2.60 bits per heavy atom. The fraction of sp³-hybridized carbons (Fsp3) is 0.250. The summed E-state index contributed by atoms with van der Waals surface area (Å²) < 4.78 is 30.6. The van der Waals surface area contributed by atoms with Gasteiger partial charge in [-0.3, -0.25) is 4.79 Å². The number of hydrogen-bond donors (Lipinski definition) is 2. The number of sulfonamides is 1. The summed E-state index contributed by atoms with van der Waals surface area (Å²) >= 11 is 0. The number of nitrogens with zero attached hydrogens (tertiary/aromatic N) is 2. The number of benzene rings is 1. The zero-order valence-corrected chi connectivity index (χ0v) is 14.8. The van der Waals surface area contributed by atoms with Gasteiger partial charge in [-0.1, -0.05) is 11.2 Å². The van der Waals surface area contributed by atoms with E-state index in [0.717, 1.165) is 0 Å². The van der Waals surface area contributed by atoms with Gasteiger partial charge in [-0.15, -0.1) is 6.58 Å². The van der Waals surface area contributed by atoms with Crippen molar-refractivity contribution in [3.8, 4) is 0 Å². The van der Waals surface area contributed by atoms with Crippen molar-refractivity contribution in [2.45, 2.75) is 11.8 Å². The highest BCUT2D eigenvalue weighted by Gasteiger charge is 2.19. The van der Waals surface area contributed by atoms with Crippen LogP contribution in [0.25, 0.3) is 0 Å². The summed E-state index contributed by atoms with van der Waals surface area (Å²) in [6.45, 7) is 5.49. The predicted molar refractivity (Wildman–Crippen MR) is 94.8 cm³/mol. The van der Waals surface area contributed by atoms with Crippen molar-refractivity contribution in [2.24, 2.45) is 0 Å². The molecule has 0 aliphatic rings. The smallest absolute Gasteiger partial charge is 0.244 e. The minimum absolute atomic E-state index is 0.00830. The summed E-state index contributed by atoms with van der Waals surface area (Å²) in [6.07, 6.45) is 1.52. The van der Waals surface area contributed by atoms with Crippen LogP contribution in [-0.2, 0) is 14.8 Å². The maximum absolute atomic E-state index is 12.3. The number of amides is 1. The van der Waals surface area contributed by atoms with Gasteiger partial charge in [0.15, 0.2) is 5.82 Å². The summed E-state index contributed by atoms with van der Waals surface area (Å²) in [4.78, 5) is 12.0. The maximum atomic E-state index is 12.3. The molecule has 134 valence electrons. The molecule has 0 spiro atoms. The lowest BCUT2D eigenvalue weighted by Gasteiger charge is -2.15. The second-order valence-electron chi connectivity index (χ2n) is 5.32. The van der Waals surface area contributed by atoms with Crippen molar-refractivity contribution in [2.75, 3.05) is 30.8 Å². The molecule has 0 fully saturated rings. The topological polar surface area (TPSA) is 105 Å². The molecule has 0 aliphatic heterocycles. The van der Waals surface area contributed by atoms with Crippen LogP contribution in [0.1, 0.15) is 5.76 Å². The number of aryl methyl sites for hydroxylation is 1. The Kier molecular flexibility index (Phi) is 5.94. The van der Waals surface area contributed by atoms with E-state index in [2.05, 4.69) is 22.4 Å². The van der Waals surface area contributed by atoms with Gasteiger partial charge in [0, 0.05) is 25.3 Å². The van der Waals surface area contributed by atoms with Gasteiger partial charge in [-0.05, 0) is 31.2 Å². The van der Waals surface area contributed by atoms with Crippen LogP contribution in [0.4, 0.5) is 11.5 Å². The molecular formula is C16H20N4O4S. The number of carbonyl (C=O) groups excluding carboxylic acids is 1. The third-order valence-corrected chi connectivity index (χ3v) is 5.13. The molecule has 0 bridgehead atoms. The average Bonchev–Trinajstić information content (AvgIpc) is 2.98. The van der Waals surface area contributed by atoms with Crippen molar-refractivity contribution < 1.29 is 17.7 Å². The first-order valence-corrected chi connectivity index (χ1v) is 8.91. The van der Waals surface area contributed by atoms with E-state index in [1.807, 2.05) is 0 Å². The van der Waals surface area contributed by atoms with Crippen molar-refractivity contribution >= 4 is 27.4 Å². The molecule has 0 unspecified atom stereocenters. The lowest BCUT2D eigenvalue weighted by Crippen LogP contribution is -2.27. The Hall–Kier alpha value is -2.65. The molecule has 1 heterocycles. The summed E-state index contributed by atoms with van der Waals surface area (Å²) in [7, 11) is -2.07. The Morgan fingerprint density at radius 2 is 2.04 bits per heavy atom. The molecule has 1 amide bonds. The minimum Gasteiger partial charge on any atom is -0.376 e. The highest BCUT2D eigenvalue weighted by atomic mass is 32.2. The van der Waals surface area contributed by atoms with Gasteiger partial charge in [-0.25, -0.2) is 8.42 Å². The van der Waals surface area contributed by atoms with E-state index < -0.39 is 10.0 Å². The number of aromatic nitrogens is 1. The van der Waals surface area contributed by atoms with E-state index in [0.29, 0.717) is 17.3 Å². The van der Waals surface area contributed by atoms with Crippen LogP contribution in [0, 0.1) is 6.92 Å². The number of anilines is 2. The third-order valence-electron chi connectivity index (χ3n) is 3.30. The fourth-order valence-corrected chi connectivity index (χ4v) is 3.14.